The Labute approximate surface area is 149 Å². The van der Waals surface area contributed by atoms with Gasteiger partial charge < -0.3 is 9.84 Å². The molecule has 3 rings (SSSR count). The number of aromatic hydroxyl groups is 1. The normalized spacial score (nSPS) is 16.0. The van der Waals surface area contributed by atoms with Gasteiger partial charge in [0.1, 0.15) is 17.1 Å². The fraction of sp³-hybridized carbons (Fsp3) is 0.105. The molecule has 0 saturated carbocycles. The molecule has 1 aliphatic heterocycles. The minimum absolute atomic E-state index is 0.000142. The second kappa shape index (κ2) is 7.10. The number of anilines is 1. The largest absolute Gasteiger partial charge is 0.508 e. The van der Waals surface area contributed by atoms with Crippen LogP contribution in [-0.2, 0) is 9.59 Å². The maximum absolute atomic E-state index is 12.7. The lowest BCUT2D eigenvalue weighted by Crippen LogP contribution is -2.54. The third-order valence-corrected chi connectivity index (χ3v) is 3.71. The zero-order valence-electron chi connectivity index (χ0n) is 13.9. The van der Waals surface area contributed by atoms with Crippen LogP contribution in [0.25, 0.3) is 6.08 Å². The SMILES string of the molecule is CCOc1ccc(C=C2C(=O)NC(=O)N(c3ccc(O)cc3)C2=O)cc1. The van der Waals surface area contributed by atoms with E-state index in [4.69, 9.17) is 4.74 Å². The fourth-order valence-electron chi connectivity index (χ4n) is 2.49. The molecule has 2 aromatic rings. The summed E-state index contributed by atoms with van der Waals surface area (Å²) in [5.41, 5.74) is 0.698. The lowest BCUT2D eigenvalue weighted by molar-refractivity contribution is -0.122. The van der Waals surface area contributed by atoms with E-state index in [2.05, 4.69) is 5.32 Å². The van der Waals surface area contributed by atoms with Gasteiger partial charge in [0, 0.05) is 0 Å². The second-order valence-electron chi connectivity index (χ2n) is 5.48. The molecule has 26 heavy (non-hydrogen) atoms. The smallest absolute Gasteiger partial charge is 0.335 e. The van der Waals surface area contributed by atoms with E-state index in [9.17, 15) is 19.5 Å². The van der Waals surface area contributed by atoms with Gasteiger partial charge in [0.15, 0.2) is 0 Å². The van der Waals surface area contributed by atoms with Gasteiger partial charge in [0.05, 0.1) is 12.3 Å². The Morgan fingerprint density at radius 3 is 2.31 bits per heavy atom. The van der Waals surface area contributed by atoms with E-state index in [0.717, 1.165) is 4.90 Å². The summed E-state index contributed by atoms with van der Waals surface area (Å²) in [4.78, 5) is 37.7. The number of hydrogen-bond donors (Lipinski definition) is 2. The first-order valence-electron chi connectivity index (χ1n) is 7.93. The standard InChI is InChI=1S/C19H16N2O5/c1-2-26-15-9-3-12(4-10-15)11-16-17(23)20-19(25)21(18(16)24)13-5-7-14(22)8-6-13/h3-11,22H,2H2,1H3,(H,20,23,25). The number of imide groups is 2. The molecule has 1 heterocycles. The molecular weight excluding hydrogens is 336 g/mol. The van der Waals surface area contributed by atoms with E-state index in [1.807, 2.05) is 6.92 Å². The van der Waals surface area contributed by atoms with Crippen LogP contribution in [0.15, 0.2) is 54.1 Å². The van der Waals surface area contributed by atoms with E-state index in [1.54, 1.807) is 24.3 Å². The fourth-order valence-corrected chi connectivity index (χ4v) is 2.49. The molecule has 7 heteroatoms. The van der Waals surface area contributed by atoms with Crippen LogP contribution in [0.4, 0.5) is 10.5 Å². The summed E-state index contributed by atoms with van der Waals surface area (Å²) in [7, 11) is 0. The molecular formula is C19H16N2O5. The van der Waals surface area contributed by atoms with Crippen molar-refractivity contribution >= 4 is 29.6 Å². The Hall–Kier alpha value is -3.61. The molecule has 0 bridgehead atoms. The molecule has 2 aromatic carbocycles. The van der Waals surface area contributed by atoms with E-state index >= 15 is 0 Å². The van der Waals surface area contributed by atoms with Crippen molar-refractivity contribution in [3.05, 3.63) is 59.7 Å². The van der Waals surface area contributed by atoms with Crippen LogP contribution in [0.1, 0.15) is 12.5 Å². The Balaban J connectivity index is 1.93. The number of benzene rings is 2. The number of nitrogens with one attached hydrogen (secondary N) is 1. The molecule has 132 valence electrons. The molecule has 2 N–H and O–H groups in total. The molecule has 0 spiro atoms. The number of hydrogen-bond acceptors (Lipinski definition) is 5. The predicted molar refractivity (Wildman–Crippen MR) is 94.7 cm³/mol. The third kappa shape index (κ3) is 3.41. The summed E-state index contributed by atoms with van der Waals surface area (Å²) in [5.74, 6) is -0.822. The number of barbiturate groups is 1. The first-order valence-corrected chi connectivity index (χ1v) is 7.93. The van der Waals surface area contributed by atoms with E-state index < -0.39 is 17.8 Å². The van der Waals surface area contributed by atoms with Crippen molar-refractivity contribution in [2.45, 2.75) is 6.92 Å². The minimum Gasteiger partial charge on any atom is -0.508 e. The predicted octanol–water partition coefficient (Wildman–Crippen LogP) is 2.46. The van der Waals surface area contributed by atoms with Gasteiger partial charge in [-0.15, -0.1) is 0 Å². The molecule has 7 nitrogen and oxygen atoms in total. The van der Waals surface area contributed by atoms with Crippen LogP contribution < -0.4 is 15.0 Å². The topological polar surface area (TPSA) is 95.9 Å². The molecule has 0 unspecified atom stereocenters. The highest BCUT2D eigenvalue weighted by molar-refractivity contribution is 6.39. The number of nitrogens with zero attached hydrogens (tertiary/aromatic N) is 1. The lowest BCUT2D eigenvalue weighted by Gasteiger charge is -2.26. The number of amides is 4. The van der Waals surface area contributed by atoms with Gasteiger partial charge in [0.2, 0.25) is 0 Å². The van der Waals surface area contributed by atoms with Crippen molar-refractivity contribution in [2.24, 2.45) is 0 Å². The highest BCUT2D eigenvalue weighted by atomic mass is 16.5. The monoisotopic (exact) mass is 352 g/mol. The number of phenols is 1. The Morgan fingerprint density at radius 1 is 1.04 bits per heavy atom. The van der Waals surface area contributed by atoms with Gasteiger partial charge in [-0.3, -0.25) is 14.9 Å². The number of carbonyl (C=O) groups is 3. The average Bonchev–Trinajstić information content (AvgIpc) is 2.62. The summed E-state index contributed by atoms with van der Waals surface area (Å²) in [6.07, 6.45) is 1.41. The van der Waals surface area contributed by atoms with Crippen LogP contribution in [0.5, 0.6) is 11.5 Å². The van der Waals surface area contributed by atoms with Crippen molar-refractivity contribution in [2.75, 3.05) is 11.5 Å². The van der Waals surface area contributed by atoms with Crippen LogP contribution in [0.2, 0.25) is 0 Å². The van der Waals surface area contributed by atoms with Gasteiger partial charge >= 0.3 is 6.03 Å². The molecule has 0 aliphatic carbocycles. The van der Waals surface area contributed by atoms with Crippen LogP contribution in [0, 0.1) is 0 Å². The van der Waals surface area contributed by atoms with E-state index in [0.29, 0.717) is 17.9 Å². The van der Waals surface area contributed by atoms with Gasteiger partial charge in [0.25, 0.3) is 11.8 Å². The molecule has 0 radical (unpaired) electrons. The van der Waals surface area contributed by atoms with Gasteiger partial charge in [-0.2, -0.15) is 0 Å². The van der Waals surface area contributed by atoms with Crippen molar-refractivity contribution in [1.82, 2.24) is 5.32 Å². The molecule has 1 fully saturated rings. The van der Waals surface area contributed by atoms with Crippen molar-refractivity contribution in [1.29, 1.82) is 0 Å². The molecule has 0 atom stereocenters. The minimum atomic E-state index is -0.838. The molecule has 0 aromatic heterocycles. The molecule has 1 saturated heterocycles. The zero-order valence-corrected chi connectivity index (χ0v) is 13.9. The zero-order chi connectivity index (χ0) is 18.7. The first kappa shape index (κ1) is 17.2. The van der Waals surface area contributed by atoms with Gasteiger partial charge in [-0.1, -0.05) is 12.1 Å². The van der Waals surface area contributed by atoms with Crippen LogP contribution in [-0.4, -0.2) is 29.6 Å². The van der Waals surface area contributed by atoms with E-state index in [-0.39, 0.29) is 17.0 Å². The number of carbonyl (C=O) groups excluding carboxylic acids is 3. The maximum atomic E-state index is 12.7. The summed E-state index contributed by atoms with van der Waals surface area (Å²) in [6.45, 7) is 2.40. The summed E-state index contributed by atoms with van der Waals surface area (Å²) < 4.78 is 5.35. The number of urea groups is 1. The summed E-state index contributed by atoms with van der Waals surface area (Å²) in [6, 6.07) is 11.6. The Morgan fingerprint density at radius 2 is 1.69 bits per heavy atom. The average molecular weight is 352 g/mol. The third-order valence-electron chi connectivity index (χ3n) is 3.71. The second-order valence-corrected chi connectivity index (χ2v) is 5.48. The maximum Gasteiger partial charge on any atom is 0.335 e. The van der Waals surface area contributed by atoms with Gasteiger partial charge in [-0.05, 0) is 55.0 Å². The number of rotatable bonds is 4. The highest BCUT2D eigenvalue weighted by Crippen LogP contribution is 2.24. The van der Waals surface area contributed by atoms with Gasteiger partial charge in [-0.25, -0.2) is 9.69 Å². The van der Waals surface area contributed by atoms with Crippen molar-refractivity contribution in [3.8, 4) is 11.5 Å². The molecule has 4 amide bonds. The lowest BCUT2D eigenvalue weighted by atomic mass is 10.1. The van der Waals surface area contributed by atoms with E-state index in [1.165, 1.54) is 30.3 Å². The molecule has 1 aliphatic rings. The summed E-state index contributed by atoms with van der Waals surface area (Å²) in [5, 5.41) is 11.5. The van der Waals surface area contributed by atoms with Crippen molar-refractivity contribution < 1.29 is 24.2 Å². The highest BCUT2D eigenvalue weighted by Gasteiger charge is 2.36. The quantitative estimate of drug-likeness (QED) is 0.651. The Bertz CT molecular complexity index is 885. The Kier molecular flexibility index (Phi) is 4.70. The van der Waals surface area contributed by atoms with Crippen LogP contribution >= 0.6 is 0 Å². The van der Waals surface area contributed by atoms with Crippen LogP contribution in [0.3, 0.4) is 0 Å². The number of ether oxygens (including phenoxy) is 1. The summed E-state index contributed by atoms with van der Waals surface area (Å²) >= 11 is 0. The first-order chi connectivity index (χ1) is 12.5. The van der Waals surface area contributed by atoms with Crippen molar-refractivity contribution in [3.63, 3.8) is 0 Å². The number of phenolic OH excluding ortho intramolecular Hbond substituents is 1.